The van der Waals surface area contributed by atoms with Gasteiger partial charge in [0.05, 0.1) is 13.0 Å². The average Bonchev–Trinajstić information content (AvgIpc) is 2.18. The summed E-state index contributed by atoms with van der Waals surface area (Å²) in [6, 6.07) is 7.58. The van der Waals surface area contributed by atoms with Crippen molar-refractivity contribution in [3.8, 4) is 0 Å². The molecule has 1 aromatic carbocycles. The molecule has 0 fully saturated rings. The lowest BCUT2D eigenvalue weighted by Crippen LogP contribution is -2.17. The number of carbonyl (C=O) groups excluding carboxylic acids is 1. The van der Waals surface area contributed by atoms with Crippen LogP contribution in [0.25, 0.3) is 0 Å². The first-order valence-corrected chi connectivity index (χ1v) is 5.11. The number of esters is 1. The molecule has 1 rings (SSSR count). The Bertz CT molecular complexity index is 342. The maximum Gasteiger partial charge on any atom is 0.307 e. The summed E-state index contributed by atoms with van der Waals surface area (Å²) >= 11 is 0. The molecule has 90 valence electrons. The lowest BCUT2D eigenvalue weighted by molar-refractivity contribution is -0.143. The number of aryl methyl sites for hydroxylation is 1. The van der Waals surface area contributed by atoms with Gasteiger partial charge in [0, 0.05) is 6.04 Å². The largest absolute Gasteiger partial charge is 0.466 e. The molecule has 0 bridgehead atoms. The van der Waals surface area contributed by atoms with E-state index in [0.717, 1.165) is 11.1 Å². The topological polar surface area (TPSA) is 52.3 Å². The minimum Gasteiger partial charge on any atom is -0.466 e. The van der Waals surface area contributed by atoms with Crippen molar-refractivity contribution in [1.29, 1.82) is 0 Å². The van der Waals surface area contributed by atoms with Gasteiger partial charge in [0.1, 0.15) is 0 Å². The van der Waals surface area contributed by atoms with Crippen molar-refractivity contribution in [2.75, 3.05) is 6.61 Å². The second-order valence-corrected chi connectivity index (χ2v) is 3.53. The van der Waals surface area contributed by atoms with E-state index in [2.05, 4.69) is 0 Å². The summed E-state index contributed by atoms with van der Waals surface area (Å²) in [6.45, 7) is 4.19. The summed E-state index contributed by atoms with van der Waals surface area (Å²) in [4.78, 5) is 11.2. The second-order valence-electron chi connectivity index (χ2n) is 3.53. The molecule has 1 atom stereocenters. The van der Waals surface area contributed by atoms with Crippen LogP contribution in [0.15, 0.2) is 24.3 Å². The SMILES string of the molecule is CCOC(=O)C[C@@H](N)c1cccc(C)c1.Cl. The molecule has 0 aliphatic carbocycles. The highest BCUT2D eigenvalue weighted by Crippen LogP contribution is 2.15. The predicted molar refractivity (Wildman–Crippen MR) is 66.6 cm³/mol. The van der Waals surface area contributed by atoms with E-state index in [9.17, 15) is 4.79 Å². The molecule has 0 aliphatic heterocycles. The Balaban J connectivity index is 0.00000225. The van der Waals surface area contributed by atoms with E-state index in [1.165, 1.54) is 0 Å². The summed E-state index contributed by atoms with van der Waals surface area (Å²) in [5, 5.41) is 0. The molecule has 0 amide bonds. The van der Waals surface area contributed by atoms with Gasteiger partial charge in [-0.2, -0.15) is 0 Å². The summed E-state index contributed by atoms with van der Waals surface area (Å²) in [5.74, 6) is -0.244. The van der Waals surface area contributed by atoms with Gasteiger partial charge < -0.3 is 10.5 Å². The van der Waals surface area contributed by atoms with Gasteiger partial charge >= 0.3 is 5.97 Å². The summed E-state index contributed by atoms with van der Waals surface area (Å²) in [7, 11) is 0. The Morgan fingerprint density at radius 1 is 1.50 bits per heavy atom. The van der Waals surface area contributed by atoms with E-state index < -0.39 is 0 Å². The molecule has 3 nitrogen and oxygen atoms in total. The van der Waals surface area contributed by atoms with Crippen LogP contribution in [-0.4, -0.2) is 12.6 Å². The third kappa shape index (κ3) is 4.64. The van der Waals surface area contributed by atoms with E-state index in [1.54, 1.807) is 6.92 Å². The van der Waals surface area contributed by atoms with Crippen LogP contribution in [0.1, 0.15) is 30.5 Å². The fourth-order valence-electron chi connectivity index (χ4n) is 1.42. The molecule has 0 saturated carbocycles. The number of benzene rings is 1. The van der Waals surface area contributed by atoms with E-state index in [0.29, 0.717) is 6.61 Å². The van der Waals surface area contributed by atoms with Crippen LogP contribution in [0.5, 0.6) is 0 Å². The minimum absolute atomic E-state index is 0. The summed E-state index contributed by atoms with van der Waals surface area (Å²) < 4.78 is 4.85. The van der Waals surface area contributed by atoms with Crippen molar-refractivity contribution in [3.05, 3.63) is 35.4 Å². The highest BCUT2D eigenvalue weighted by molar-refractivity contribution is 5.85. The zero-order valence-corrected chi connectivity index (χ0v) is 10.4. The smallest absolute Gasteiger partial charge is 0.307 e. The van der Waals surface area contributed by atoms with Crippen LogP contribution < -0.4 is 5.73 Å². The summed E-state index contributed by atoms with van der Waals surface area (Å²) in [5.41, 5.74) is 8.01. The summed E-state index contributed by atoms with van der Waals surface area (Å²) in [6.07, 6.45) is 0.233. The van der Waals surface area contributed by atoms with E-state index in [1.807, 2.05) is 31.2 Å². The quantitative estimate of drug-likeness (QED) is 0.826. The van der Waals surface area contributed by atoms with Crippen LogP contribution in [-0.2, 0) is 9.53 Å². The molecule has 4 heteroatoms. The third-order valence-corrected chi connectivity index (χ3v) is 2.16. The molecule has 16 heavy (non-hydrogen) atoms. The lowest BCUT2D eigenvalue weighted by atomic mass is 10.0. The molecule has 1 aromatic rings. The average molecular weight is 244 g/mol. The Hall–Kier alpha value is -1.06. The van der Waals surface area contributed by atoms with Crippen LogP contribution in [0.2, 0.25) is 0 Å². The fraction of sp³-hybridized carbons (Fsp3) is 0.417. The predicted octanol–water partition coefficient (Wildman–Crippen LogP) is 2.37. The Morgan fingerprint density at radius 2 is 2.19 bits per heavy atom. The van der Waals surface area contributed by atoms with Crippen LogP contribution in [0.3, 0.4) is 0 Å². The zero-order chi connectivity index (χ0) is 11.3. The Kier molecular flexibility index (Phi) is 6.77. The van der Waals surface area contributed by atoms with Crippen molar-refractivity contribution >= 4 is 18.4 Å². The van der Waals surface area contributed by atoms with Gasteiger partial charge in [-0.25, -0.2) is 0 Å². The monoisotopic (exact) mass is 243 g/mol. The number of nitrogens with two attached hydrogens (primary N) is 1. The third-order valence-electron chi connectivity index (χ3n) is 2.16. The molecule has 2 N–H and O–H groups in total. The first-order chi connectivity index (χ1) is 7.13. The van der Waals surface area contributed by atoms with Gasteiger partial charge in [0.2, 0.25) is 0 Å². The van der Waals surface area contributed by atoms with E-state index in [-0.39, 0.29) is 30.8 Å². The highest BCUT2D eigenvalue weighted by Gasteiger charge is 2.12. The molecule has 0 spiro atoms. The number of hydrogen-bond acceptors (Lipinski definition) is 3. The normalized spacial score (nSPS) is 11.4. The zero-order valence-electron chi connectivity index (χ0n) is 9.60. The maximum absolute atomic E-state index is 11.2. The number of carbonyl (C=O) groups is 1. The van der Waals surface area contributed by atoms with Gasteiger partial charge in [-0.1, -0.05) is 29.8 Å². The second kappa shape index (κ2) is 7.25. The van der Waals surface area contributed by atoms with Crippen molar-refractivity contribution in [1.82, 2.24) is 0 Å². The molecule has 0 unspecified atom stereocenters. The Morgan fingerprint density at radius 3 is 2.75 bits per heavy atom. The standard InChI is InChI=1S/C12H17NO2.ClH/c1-3-15-12(14)8-11(13)10-6-4-5-9(2)7-10;/h4-7,11H,3,8,13H2,1-2H3;1H/t11-;/m1./s1. The van der Waals surface area contributed by atoms with Crippen molar-refractivity contribution in [2.45, 2.75) is 26.3 Å². The highest BCUT2D eigenvalue weighted by atomic mass is 35.5. The van der Waals surface area contributed by atoms with E-state index >= 15 is 0 Å². The molecular weight excluding hydrogens is 226 g/mol. The van der Waals surface area contributed by atoms with Gasteiger partial charge in [-0.05, 0) is 19.4 Å². The van der Waals surface area contributed by atoms with Gasteiger partial charge in [-0.15, -0.1) is 12.4 Å². The first kappa shape index (κ1) is 14.9. The van der Waals surface area contributed by atoms with Crippen molar-refractivity contribution in [3.63, 3.8) is 0 Å². The lowest BCUT2D eigenvalue weighted by Gasteiger charge is -2.11. The van der Waals surface area contributed by atoms with Crippen molar-refractivity contribution < 1.29 is 9.53 Å². The number of hydrogen-bond donors (Lipinski definition) is 1. The molecule has 0 radical (unpaired) electrons. The number of halogens is 1. The van der Waals surface area contributed by atoms with Crippen LogP contribution >= 0.6 is 12.4 Å². The number of ether oxygens (including phenoxy) is 1. The molecular formula is C12H18ClNO2. The first-order valence-electron chi connectivity index (χ1n) is 5.11. The van der Waals surface area contributed by atoms with Crippen molar-refractivity contribution in [2.24, 2.45) is 5.73 Å². The fourth-order valence-corrected chi connectivity index (χ4v) is 1.42. The van der Waals surface area contributed by atoms with E-state index in [4.69, 9.17) is 10.5 Å². The van der Waals surface area contributed by atoms with Crippen LogP contribution in [0, 0.1) is 6.92 Å². The maximum atomic E-state index is 11.2. The van der Waals surface area contributed by atoms with Gasteiger partial charge in [0.25, 0.3) is 0 Å². The van der Waals surface area contributed by atoms with Crippen LogP contribution in [0.4, 0.5) is 0 Å². The molecule has 0 aliphatic rings. The number of rotatable bonds is 4. The molecule has 0 saturated heterocycles. The Labute approximate surface area is 102 Å². The minimum atomic E-state index is -0.274. The molecule has 0 heterocycles. The van der Waals surface area contributed by atoms with Gasteiger partial charge in [-0.3, -0.25) is 4.79 Å². The van der Waals surface area contributed by atoms with Gasteiger partial charge in [0.15, 0.2) is 0 Å². The molecule has 0 aromatic heterocycles.